The third-order valence-electron chi connectivity index (χ3n) is 4.92. The van der Waals surface area contributed by atoms with Crippen molar-refractivity contribution in [2.24, 2.45) is 33.7 Å². The van der Waals surface area contributed by atoms with Crippen LogP contribution in [-0.4, -0.2) is 88.4 Å². The number of guanidine groups is 1. The van der Waals surface area contributed by atoms with E-state index in [0.29, 0.717) is 6.42 Å². The van der Waals surface area contributed by atoms with Gasteiger partial charge in [-0.2, -0.15) is 0 Å². The second kappa shape index (κ2) is 17.1. The molecule has 0 aliphatic carbocycles. The molecule has 0 rings (SSSR count). The summed E-state index contributed by atoms with van der Waals surface area (Å²) in [7, 11) is 0. The molecule has 0 radical (unpaired) electrons. The van der Waals surface area contributed by atoms with Crippen LogP contribution in [0.3, 0.4) is 0 Å². The Kier molecular flexibility index (Phi) is 15.0. The summed E-state index contributed by atoms with van der Waals surface area (Å²) in [6.45, 7) is 0.176. The second-order valence-electron chi connectivity index (χ2n) is 8.18. The number of nitrogens with one attached hydrogen (secondary N) is 3. The number of nitrogens with two attached hydrogens (primary N) is 5. The number of hydrogen-bond donors (Lipinski definition) is 10. The lowest BCUT2D eigenvalue weighted by molar-refractivity contribution is -0.143. The third kappa shape index (κ3) is 14.8. The first-order chi connectivity index (χ1) is 17.6. The predicted molar refractivity (Wildman–Crippen MR) is 130 cm³/mol. The minimum Gasteiger partial charge on any atom is -0.481 e. The number of carboxylic acids is 2. The van der Waals surface area contributed by atoms with E-state index in [9.17, 15) is 38.7 Å². The Labute approximate surface area is 217 Å². The van der Waals surface area contributed by atoms with E-state index in [4.69, 9.17) is 33.8 Å². The first-order valence-electron chi connectivity index (χ1n) is 11.4. The molecule has 0 aliphatic rings. The maximum absolute atomic E-state index is 12.8. The highest BCUT2D eigenvalue weighted by Crippen LogP contribution is 2.05. The number of carbonyl (C=O) groups is 7. The van der Waals surface area contributed by atoms with Crippen molar-refractivity contribution in [3.63, 3.8) is 0 Å². The van der Waals surface area contributed by atoms with Gasteiger partial charge in [-0.15, -0.1) is 0 Å². The van der Waals surface area contributed by atoms with Crippen LogP contribution in [0, 0.1) is 0 Å². The van der Waals surface area contributed by atoms with Gasteiger partial charge in [0.25, 0.3) is 0 Å². The summed E-state index contributed by atoms with van der Waals surface area (Å²) in [5, 5.41) is 24.9. The molecule has 4 atom stereocenters. The molecule has 0 aliphatic heterocycles. The maximum atomic E-state index is 12.8. The number of hydrogen-bond acceptors (Lipinski definition) is 9. The molecule has 0 aromatic heterocycles. The molecule has 4 unspecified atom stereocenters. The lowest BCUT2D eigenvalue weighted by atomic mass is 10.1. The zero-order valence-corrected chi connectivity index (χ0v) is 20.6. The highest BCUT2D eigenvalue weighted by molar-refractivity contribution is 5.96. The molecule has 5 amide bonds. The van der Waals surface area contributed by atoms with Crippen molar-refractivity contribution < 1.29 is 43.8 Å². The number of rotatable bonds is 19. The van der Waals surface area contributed by atoms with Crippen LogP contribution >= 0.6 is 0 Å². The van der Waals surface area contributed by atoms with E-state index < -0.39 is 78.5 Å². The summed E-state index contributed by atoms with van der Waals surface area (Å²) in [5.74, 6) is -7.83. The van der Waals surface area contributed by atoms with E-state index in [0.717, 1.165) is 0 Å². The van der Waals surface area contributed by atoms with Crippen molar-refractivity contribution in [3.8, 4) is 0 Å². The Bertz CT molecular complexity index is 922. The third-order valence-corrected chi connectivity index (χ3v) is 4.92. The minimum absolute atomic E-state index is 0.0928. The molecular weight excluding hydrogens is 510 g/mol. The van der Waals surface area contributed by atoms with Gasteiger partial charge in [-0.25, -0.2) is 4.79 Å². The summed E-state index contributed by atoms with van der Waals surface area (Å²) >= 11 is 0. The molecule has 38 heavy (non-hydrogen) atoms. The number of aliphatic imine (C=N–C) groups is 1. The van der Waals surface area contributed by atoms with E-state index in [-0.39, 0.29) is 38.2 Å². The van der Waals surface area contributed by atoms with Gasteiger partial charge in [0.15, 0.2) is 5.96 Å². The molecule has 0 bridgehead atoms. The smallest absolute Gasteiger partial charge is 0.326 e. The van der Waals surface area contributed by atoms with Gasteiger partial charge in [-0.1, -0.05) is 0 Å². The molecule has 0 aromatic carbocycles. The zero-order chi connectivity index (χ0) is 29.4. The van der Waals surface area contributed by atoms with E-state index in [1.54, 1.807) is 0 Å². The molecule has 18 heteroatoms. The monoisotopic (exact) mass is 545 g/mol. The molecule has 0 saturated carbocycles. The van der Waals surface area contributed by atoms with Crippen LogP contribution in [0.1, 0.15) is 44.9 Å². The predicted octanol–water partition coefficient (Wildman–Crippen LogP) is -5.09. The lowest BCUT2D eigenvalue weighted by Crippen LogP contribution is -2.57. The molecule has 0 spiro atoms. The van der Waals surface area contributed by atoms with E-state index in [1.165, 1.54) is 0 Å². The Morgan fingerprint density at radius 1 is 0.684 bits per heavy atom. The van der Waals surface area contributed by atoms with Gasteiger partial charge in [0.2, 0.25) is 29.5 Å². The maximum Gasteiger partial charge on any atom is 0.326 e. The molecule has 0 aromatic rings. The number of primary amides is 2. The Morgan fingerprint density at radius 3 is 1.63 bits per heavy atom. The molecular formula is C20H35N9O9. The summed E-state index contributed by atoms with van der Waals surface area (Å²) in [6, 6.07) is -5.94. The molecule has 0 fully saturated rings. The SMILES string of the molecule is NC(=O)CCC(NC(=O)C(CCC(N)=O)NC(=O)C(CC(=O)O)NC(=O)C(N)CCCN=C(N)N)C(=O)O. The van der Waals surface area contributed by atoms with E-state index >= 15 is 0 Å². The number of nitrogens with zero attached hydrogens (tertiary/aromatic N) is 1. The largest absolute Gasteiger partial charge is 0.481 e. The van der Waals surface area contributed by atoms with Gasteiger partial charge in [-0.3, -0.25) is 33.8 Å². The lowest BCUT2D eigenvalue weighted by Gasteiger charge is -2.24. The van der Waals surface area contributed by atoms with Crippen molar-refractivity contribution in [2.75, 3.05) is 6.54 Å². The number of carboxylic acid groups (broad SMARTS) is 2. The van der Waals surface area contributed by atoms with Crippen molar-refractivity contribution in [2.45, 2.75) is 69.1 Å². The number of amides is 5. The standard InChI is InChI=1S/C20H35N9O9/c21-9(2-1-7-26-20(24)25)16(34)29-12(8-15(32)33)18(36)27-10(3-5-13(22)30)17(35)28-11(19(37)38)4-6-14(23)31/h9-12H,1-8,21H2,(H2,22,30)(H2,23,31)(H,27,36)(H,28,35)(H,29,34)(H,32,33)(H,37,38)(H4,24,25,26). The number of carbonyl (C=O) groups excluding carboxylic acids is 5. The second-order valence-corrected chi connectivity index (χ2v) is 8.18. The fourth-order valence-electron chi connectivity index (χ4n) is 2.96. The van der Waals surface area contributed by atoms with Gasteiger partial charge in [-0.05, 0) is 25.7 Å². The van der Waals surface area contributed by atoms with E-state index in [2.05, 4.69) is 20.9 Å². The van der Waals surface area contributed by atoms with Crippen LogP contribution in [0.2, 0.25) is 0 Å². The quantitative estimate of drug-likeness (QED) is 0.0414. The van der Waals surface area contributed by atoms with Crippen LogP contribution in [0.4, 0.5) is 0 Å². The van der Waals surface area contributed by atoms with Crippen LogP contribution < -0.4 is 44.6 Å². The number of aliphatic carboxylic acids is 2. The van der Waals surface area contributed by atoms with Gasteiger partial charge in [0.05, 0.1) is 12.5 Å². The molecule has 0 heterocycles. The molecule has 18 nitrogen and oxygen atoms in total. The van der Waals surface area contributed by atoms with Crippen LogP contribution in [0.15, 0.2) is 4.99 Å². The highest BCUT2D eigenvalue weighted by atomic mass is 16.4. The van der Waals surface area contributed by atoms with Crippen molar-refractivity contribution >= 4 is 47.4 Å². The Morgan fingerprint density at radius 2 is 1.16 bits per heavy atom. The van der Waals surface area contributed by atoms with Gasteiger partial charge < -0.3 is 54.8 Å². The fourth-order valence-corrected chi connectivity index (χ4v) is 2.96. The zero-order valence-electron chi connectivity index (χ0n) is 20.6. The molecule has 214 valence electrons. The Balaban J connectivity index is 5.52. The normalized spacial score (nSPS) is 13.6. The minimum atomic E-state index is -1.68. The summed E-state index contributed by atoms with van der Waals surface area (Å²) in [6.07, 6.45) is -2.01. The average molecular weight is 546 g/mol. The van der Waals surface area contributed by atoms with Crippen LogP contribution in [0.25, 0.3) is 0 Å². The summed E-state index contributed by atoms with van der Waals surface area (Å²) < 4.78 is 0. The van der Waals surface area contributed by atoms with Crippen molar-refractivity contribution in [1.82, 2.24) is 16.0 Å². The average Bonchev–Trinajstić information content (AvgIpc) is 2.80. The molecule has 15 N–H and O–H groups in total. The van der Waals surface area contributed by atoms with Crippen LogP contribution in [0.5, 0.6) is 0 Å². The Hall–Kier alpha value is -4.48. The van der Waals surface area contributed by atoms with Crippen LogP contribution in [-0.2, 0) is 33.6 Å². The fraction of sp³-hybridized carbons (Fsp3) is 0.600. The highest BCUT2D eigenvalue weighted by Gasteiger charge is 2.31. The van der Waals surface area contributed by atoms with Crippen molar-refractivity contribution in [3.05, 3.63) is 0 Å². The van der Waals surface area contributed by atoms with Gasteiger partial charge in [0.1, 0.15) is 18.1 Å². The van der Waals surface area contributed by atoms with Crippen molar-refractivity contribution in [1.29, 1.82) is 0 Å². The van der Waals surface area contributed by atoms with Gasteiger partial charge >= 0.3 is 11.9 Å². The summed E-state index contributed by atoms with van der Waals surface area (Å²) in [4.78, 5) is 86.6. The molecule has 0 saturated heterocycles. The van der Waals surface area contributed by atoms with Gasteiger partial charge in [0, 0.05) is 19.4 Å². The topological polar surface area (TPSA) is 338 Å². The first-order valence-corrected chi connectivity index (χ1v) is 11.4. The first kappa shape index (κ1) is 33.5. The summed E-state index contributed by atoms with van der Waals surface area (Å²) in [5.41, 5.74) is 26.3. The van der Waals surface area contributed by atoms with E-state index in [1.807, 2.05) is 0 Å².